The van der Waals surface area contributed by atoms with Crippen LogP contribution in [0.2, 0.25) is 0 Å². The minimum absolute atomic E-state index is 0.133. The first kappa shape index (κ1) is 16.7. The van der Waals surface area contributed by atoms with Gasteiger partial charge in [-0.25, -0.2) is 0 Å². The molecule has 0 spiro atoms. The molecule has 0 radical (unpaired) electrons. The van der Waals surface area contributed by atoms with Gasteiger partial charge in [-0.1, -0.05) is 24.6 Å². The van der Waals surface area contributed by atoms with Gasteiger partial charge >= 0.3 is 0 Å². The van der Waals surface area contributed by atoms with Crippen LogP contribution in [0.4, 0.5) is 0 Å². The van der Waals surface area contributed by atoms with Crippen molar-refractivity contribution < 1.29 is 9.53 Å². The zero-order valence-electron chi connectivity index (χ0n) is 15.1. The molecule has 3 aromatic rings. The quantitative estimate of drug-likeness (QED) is 0.705. The smallest absolute Gasteiger partial charge is 0.255 e. The maximum Gasteiger partial charge on any atom is 0.255 e. The van der Waals surface area contributed by atoms with Crippen LogP contribution in [0.1, 0.15) is 41.1 Å². The van der Waals surface area contributed by atoms with Crippen molar-refractivity contribution in [3.8, 4) is 5.75 Å². The van der Waals surface area contributed by atoms with Gasteiger partial charge in [0.1, 0.15) is 5.75 Å². The Morgan fingerprint density at radius 1 is 1.12 bits per heavy atom. The molecule has 134 valence electrons. The standard InChI is InChI=1S/C22H24N2O2/c1-26-21-10-8-17(9-11-21)18-6-2-4-13-24(15-18)22(25)19-14-20-7-3-5-12-23(20)16-19/h3,5,7-12,14,16,18H,2,4,6,13,15H2,1H3. The molecule has 4 heteroatoms. The first-order chi connectivity index (χ1) is 12.7. The number of amides is 1. The van der Waals surface area contributed by atoms with Crippen LogP contribution in [-0.2, 0) is 0 Å². The topological polar surface area (TPSA) is 34.0 Å². The predicted octanol–water partition coefficient (Wildman–Crippen LogP) is 4.36. The first-order valence-corrected chi connectivity index (χ1v) is 9.24. The van der Waals surface area contributed by atoms with Gasteiger partial charge in [-0.15, -0.1) is 0 Å². The molecule has 3 heterocycles. The number of likely N-dealkylation sites (tertiary alicyclic amines) is 1. The highest BCUT2D eigenvalue weighted by Crippen LogP contribution is 2.28. The molecule has 1 aromatic carbocycles. The summed E-state index contributed by atoms with van der Waals surface area (Å²) in [6, 6.07) is 16.3. The fraction of sp³-hybridized carbons (Fsp3) is 0.318. The Labute approximate surface area is 154 Å². The lowest BCUT2D eigenvalue weighted by Gasteiger charge is -2.24. The number of hydrogen-bond acceptors (Lipinski definition) is 2. The number of carbonyl (C=O) groups is 1. The molecule has 4 rings (SSSR count). The van der Waals surface area contributed by atoms with Gasteiger partial charge in [-0.2, -0.15) is 0 Å². The van der Waals surface area contributed by atoms with Gasteiger partial charge < -0.3 is 14.0 Å². The number of benzene rings is 1. The molecule has 1 atom stereocenters. The SMILES string of the molecule is COc1ccc(C2CCCCN(C(=O)c3cc4ccccn4c3)C2)cc1. The molecule has 0 saturated carbocycles. The minimum atomic E-state index is 0.133. The Balaban J connectivity index is 1.55. The molecule has 2 aromatic heterocycles. The lowest BCUT2D eigenvalue weighted by Crippen LogP contribution is -2.33. The minimum Gasteiger partial charge on any atom is -0.497 e. The highest BCUT2D eigenvalue weighted by Gasteiger charge is 2.24. The molecule has 0 aliphatic carbocycles. The van der Waals surface area contributed by atoms with Gasteiger partial charge in [0.15, 0.2) is 0 Å². The third-order valence-corrected chi connectivity index (χ3v) is 5.30. The van der Waals surface area contributed by atoms with Crippen LogP contribution in [0.3, 0.4) is 0 Å². The van der Waals surface area contributed by atoms with Crippen molar-refractivity contribution in [3.05, 3.63) is 72.1 Å². The maximum absolute atomic E-state index is 13.1. The van der Waals surface area contributed by atoms with E-state index in [1.54, 1.807) is 7.11 Å². The van der Waals surface area contributed by atoms with E-state index in [1.807, 2.05) is 58.1 Å². The van der Waals surface area contributed by atoms with Gasteiger partial charge in [0.25, 0.3) is 5.91 Å². The summed E-state index contributed by atoms with van der Waals surface area (Å²) in [6.07, 6.45) is 7.25. The van der Waals surface area contributed by atoms with Crippen LogP contribution >= 0.6 is 0 Å². The molecular weight excluding hydrogens is 324 g/mol. The van der Waals surface area contributed by atoms with Gasteiger partial charge in [0, 0.05) is 36.9 Å². The number of ether oxygens (including phenoxy) is 1. The molecule has 4 nitrogen and oxygen atoms in total. The molecule has 0 bridgehead atoms. The van der Waals surface area contributed by atoms with Crippen molar-refractivity contribution in [1.29, 1.82) is 0 Å². The lowest BCUT2D eigenvalue weighted by atomic mass is 9.94. The molecule has 1 amide bonds. The first-order valence-electron chi connectivity index (χ1n) is 9.24. The second-order valence-corrected chi connectivity index (χ2v) is 6.98. The number of nitrogens with zero attached hydrogens (tertiary/aromatic N) is 2. The highest BCUT2D eigenvalue weighted by atomic mass is 16.5. The van der Waals surface area contributed by atoms with Gasteiger partial charge in [-0.3, -0.25) is 4.79 Å². The van der Waals surface area contributed by atoms with Crippen molar-refractivity contribution in [2.75, 3.05) is 20.2 Å². The third kappa shape index (κ3) is 3.32. The van der Waals surface area contributed by atoms with Crippen LogP contribution in [0.5, 0.6) is 5.75 Å². The van der Waals surface area contributed by atoms with E-state index in [-0.39, 0.29) is 5.91 Å². The van der Waals surface area contributed by atoms with Crippen molar-refractivity contribution >= 4 is 11.4 Å². The monoisotopic (exact) mass is 348 g/mol. The van der Waals surface area contributed by atoms with E-state index in [0.717, 1.165) is 49.2 Å². The molecule has 1 aliphatic rings. The molecule has 26 heavy (non-hydrogen) atoms. The number of carbonyl (C=O) groups excluding carboxylic acids is 1. The molecule has 1 aliphatic heterocycles. The van der Waals surface area contributed by atoms with Crippen molar-refractivity contribution in [2.45, 2.75) is 25.2 Å². The third-order valence-electron chi connectivity index (χ3n) is 5.30. The summed E-state index contributed by atoms with van der Waals surface area (Å²) in [4.78, 5) is 15.1. The van der Waals surface area contributed by atoms with Crippen molar-refractivity contribution in [3.63, 3.8) is 0 Å². The number of fused-ring (bicyclic) bond motifs is 1. The van der Waals surface area contributed by atoms with E-state index in [4.69, 9.17) is 4.74 Å². The Bertz CT molecular complexity index is 865. The number of aromatic nitrogens is 1. The number of hydrogen-bond donors (Lipinski definition) is 0. The molecule has 0 N–H and O–H groups in total. The fourth-order valence-electron chi connectivity index (χ4n) is 3.83. The summed E-state index contributed by atoms with van der Waals surface area (Å²) in [5.41, 5.74) is 3.11. The maximum atomic E-state index is 13.1. The van der Waals surface area contributed by atoms with E-state index >= 15 is 0 Å². The summed E-state index contributed by atoms with van der Waals surface area (Å²) < 4.78 is 7.27. The summed E-state index contributed by atoms with van der Waals surface area (Å²) in [7, 11) is 1.68. The highest BCUT2D eigenvalue weighted by molar-refractivity contribution is 5.95. The number of pyridine rings is 1. The van der Waals surface area contributed by atoms with E-state index < -0.39 is 0 Å². The van der Waals surface area contributed by atoms with Gasteiger partial charge in [0.2, 0.25) is 0 Å². The average Bonchev–Trinajstić information content (AvgIpc) is 2.97. The Morgan fingerprint density at radius 2 is 1.96 bits per heavy atom. The number of methoxy groups -OCH3 is 1. The van der Waals surface area contributed by atoms with Gasteiger partial charge in [0.05, 0.1) is 12.7 Å². The van der Waals surface area contributed by atoms with Crippen LogP contribution < -0.4 is 4.74 Å². The number of rotatable bonds is 3. The largest absolute Gasteiger partial charge is 0.497 e. The molecule has 1 fully saturated rings. The zero-order valence-corrected chi connectivity index (χ0v) is 15.1. The van der Waals surface area contributed by atoms with Crippen LogP contribution in [0.25, 0.3) is 5.52 Å². The summed E-state index contributed by atoms with van der Waals surface area (Å²) >= 11 is 0. The second kappa shape index (κ2) is 7.24. The van der Waals surface area contributed by atoms with E-state index in [0.29, 0.717) is 5.92 Å². The fourth-order valence-corrected chi connectivity index (χ4v) is 3.83. The van der Waals surface area contributed by atoms with E-state index in [2.05, 4.69) is 12.1 Å². The second-order valence-electron chi connectivity index (χ2n) is 6.98. The normalized spacial score (nSPS) is 17.9. The van der Waals surface area contributed by atoms with Crippen LogP contribution in [0.15, 0.2) is 60.9 Å². The molecule has 1 saturated heterocycles. The van der Waals surface area contributed by atoms with Crippen molar-refractivity contribution in [2.24, 2.45) is 0 Å². The lowest BCUT2D eigenvalue weighted by molar-refractivity contribution is 0.0754. The van der Waals surface area contributed by atoms with E-state index in [1.165, 1.54) is 5.56 Å². The van der Waals surface area contributed by atoms with Crippen LogP contribution in [0, 0.1) is 0 Å². The summed E-state index contributed by atoms with van der Waals surface area (Å²) in [5, 5.41) is 0. The molecule has 1 unspecified atom stereocenters. The zero-order chi connectivity index (χ0) is 17.9. The van der Waals surface area contributed by atoms with E-state index in [9.17, 15) is 4.79 Å². The van der Waals surface area contributed by atoms with Gasteiger partial charge in [-0.05, 0) is 48.7 Å². The summed E-state index contributed by atoms with van der Waals surface area (Å²) in [6.45, 7) is 1.61. The predicted molar refractivity (Wildman–Crippen MR) is 103 cm³/mol. The average molecular weight is 348 g/mol. The summed E-state index contributed by atoms with van der Waals surface area (Å²) in [5.74, 6) is 1.38. The Hall–Kier alpha value is -2.75. The Morgan fingerprint density at radius 3 is 2.73 bits per heavy atom. The van der Waals surface area contributed by atoms with Crippen molar-refractivity contribution in [1.82, 2.24) is 9.30 Å². The Kier molecular flexibility index (Phi) is 4.65. The van der Waals surface area contributed by atoms with Crippen LogP contribution in [-0.4, -0.2) is 35.4 Å². The molecular formula is C22H24N2O2.